The van der Waals surface area contributed by atoms with Crippen molar-refractivity contribution in [3.8, 4) is 0 Å². The molecular formula is C12H19N3OS. The topological polar surface area (TPSA) is 58.4 Å². The number of nitrogens with one attached hydrogen (secondary N) is 1. The lowest BCUT2D eigenvalue weighted by Gasteiger charge is -2.23. The van der Waals surface area contributed by atoms with Gasteiger partial charge < -0.3 is 4.90 Å². The summed E-state index contributed by atoms with van der Waals surface area (Å²) in [6.45, 7) is 6.61. The van der Waals surface area contributed by atoms with E-state index in [9.17, 15) is 4.79 Å². The van der Waals surface area contributed by atoms with Crippen molar-refractivity contribution in [3.63, 3.8) is 0 Å². The van der Waals surface area contributed by atoms with Gasteiger partial charge in [0, 0.05) is 24.0 Å². The first-order valence-electron chi connectivity index (χ1n) is 5.98. The lowest BCUT2D eigenvalue weighted by molar-refractivity contribution is 0.0957. The molecule has 2 heterocycles. The number of thiophene rings is 1. The Morgan fingerprint density at radius 3 is 2.82 bits per heavy atom. The van der Waals surface area contributed by atoms with Crippen molar-refractivity contribution in [3.05, 3.63) is 21.4 Å². The van der Waals surface area contributed by atoms with Gasteiger partial charge in [-0.05, 0) is 38.3 Å². The van der Waals surface area contributed by atoms with Crippen LogP contribution in [0.3, 0.4) is 0 Å². The van der Waals surface area contributed by atoms with Crippen LogP contribution in [0.15, 0.2) is 6.07 Å². The van der Waals surface area contributed by atoms with E-state index in [4.69, 9.17) is 5.84 Å². The highest BCUT2D eigenvalue weighted by molar-refractivity contribution is 7.14. The smallest absolute Gasteiger partial charge is 0.275 e. The van der Waals surface area contributed by atoms with E-state index in [0.29, 0.717) is 6.04 Å². The van der Waals surface area contributed by atoms with Crippen LogP contribution < -0.4 is 11.3 Å². The summed E-state index contributed by atoms with van der Waals surface area (Å²) in [7, 11) is 0. The zero-order valence-corrected chi connectivity index (χ0v) is 11.1. The molecule has 0 saturated heterocycles. The number of nitrogen functional groups attached to an aromatic ring is 1. The number of carbonyl (C=O) groups excluding carboxylic acids is 1. The monoisotopic (exact) mass is 253 g/mol. The molecule has 0 spiro atoms. The van der Waals surface area contributed by atoms with Gasteiger partial charge in [-0.25, -0.2) is 5.84 Å². The van der Waals surface area contributed by atoms with Crippen molar-refractivity contribution >= 4 is 17.2 Å². The maximum absolute atomic E-state index is 11.5. The summed E-state index contributed by atoms with van der Waals surface area (Å²) in [5, 5.41) is 0. The Morgan fingerprint density at radius 1 is 1.47 bits per heavy atom. The van der Waals surface area contributed by atoms with E-state index >= 15 is 0 Å². The van der Waals surface area contributed by atoms with Gasteiger partial charge in [0.15, 0.2) is 0 Å². The van der Waals surface area contributed by atoms with Gasteiger partial charge in [0.25, 0.3) is 5.91 Å². The number of hydrogen-bond donors (Lipinski definition) is 2. The van der Waals surface area contributed by atoms with Crippen LogP contribution in [0.4, 0.5) is 0 Å². The Bertz CT molecular complexity index is 388. The molecule has 0 aromatic carbocycles. The highest BCUT2D eigenvalue weighted by atomic mass is 32.1. The number of amides is 1. The van der Waals surface area contributed by atoms with Crippen molar-refractivity contribution in [2.45, 2.75) is 32.7 Å². The highest BCUT2D eigenvalue weighted by Gasteiger charge is 2.20. The zero-order valence-electron chi connectivity index (χ0n) is 10.3. The summed E-state index contributed by atoms with van der Waals surface area (Å²) in [6.07, 6.45) is 2.07. The minimum Gasteiger partial charge on any atom is -0.300 e. The highest BCUT2D eigenvalue weighted by Crippen LogP contribution is 2.26. The summed E-state index contributed by atoms with van der Waals surface area (Å²) < 4.78 is 0. The molecule has 0 unspecified atom stereocenters. The SMILES string of the molecule is CC(C)N1CCc2cc(C(=O)NN)sc2CC1. The summed E-state index contributed by atoms with van der Waals surface area (Å²) in [5.74, 6) is 4.98. The van der Waals surface area contributed by atoms with E-state index in [1.54, 1.807) is 11.3 Å². The number of carbonyl (C=O) groups is 1. The molecule has 4 nitrogen and oxygen atoms in total. The summed E-state index contributed by atoms with van der Waals surface area (Å²) in [4.78, 5) is 16.0. The lowest BCUT2D eigenvalue weighted by atomic mass is 10.1. The second-order valence-electron chi connectivity index (χ2n) is 4.66. The molecule has 2 rings (SSSR count). The quantitative estimate of drug-likeness (QED) is 0.472. The van der Waals surface area contributed by atoms with Gasteiger partial charge in [-0.2, -0.15) is 0 Å². The van der Waals surface area contributed by atoms with Crippen LogP contribution in [0.2, 0.25) is 0 Å². The first-order valence-corrected chi connectivity index (χ1v) is 6.80. The van der Waals surface area contributed by atoms with Crippen molar-refractivity contribution in [1.29, 1.82) is 0 Å². The van der Waals surface area contributed by atoms with Crippen LogP contribution in [0.25, 0.3) is 0 Å². The Hall–Kier alpha value is -0.910. The van der Waals surface area contributed by atoms with E-state index in [1.165, 1.54) is 10.4 Å². The Kier molecular flexibility index (Phi) is 3.81. The fourth-order valence-electron chi connectivity index (χ4n) is 2.21. The normalized spacial score (nSPS) is 16.7. The fraction of sp³-hybridized carbons (Fsp3) is 0.583. The van der Waals surface area contributed by atoms with Crippen LogP contribution >= 0.6 is 11.3 Å². The van der Waals surface area contributed by atoms with Gasteiger partial charge in [-0.3, -0.25) is 10.2 Å². The zero-order chi connectivity index (χ0) is 12.4. The van der Waals surface area contributed by atoms with Crippen LogP contribution in [-0.4, -0.2) is 29.9 Å². The average Bonchev–Trinajstić information content (AvgIpc) is 2.61. The van der Waals surface area contributed by atoms with Gasteiger partial charge >= 0.3 is 0 Å². The van der Waals surface area contributed by atoms with E-state index in [1.807, 2.05) is 6.07 Å². The van der Waals surface area contributed by atoms with Gasteiger partial charge in [-0.15, -0.1) is 11.3 Å². The molecular weight excluding hydrogens is 234 g/mol. The maximum Gasteiger partial charge on any atom is 0.275 e. The van der Waals surface area contributed by atoms with Gasteiger partial charge in [-0.1, -0.05) is 0 Å². The summed E-state index contributed by atoms with van der Waals surface area (Å²) >= 11 is 1.58. The first kappa shape index (κ1) is 12.5. The molecule has 0 aliphatic carbocycles. The van der Waals surface area contributed by atoms with Crippen molar-refractivity contribution < 1.29 is 4.79 Å². The van der Waals surface area contributed by atoms with E-state index in [2.05, 4.69) is 24.2 Å². The molecule has 94 valence electrons. The van der Waals surface area contributed by atoms with Crippen molar-refractivity contribution in [2.24, 2.45) is 5.84 Å². The molecule has 0 radical (unpaired) electrons. The average molecular weight is 253 g/mol. The molecule has 3 N–H and O–H groups in total. The Morgan fingerprint density at radius 2 is 2.18 bits per heavy atom. The molecule has 1 aromatic rings. The number of nitrogens with two attached hydrogens (primary N) is 1. The number of nitrogens with zero attached hydrogens (tertiary/aromatic N) is 1. The molecule has 0 saturated carbocycles. The van der Waals surface area contributed by atoms with Crippen LogP contribution in [-0.2, 0) is 12.8 Å². The fourth-order valence-corrected chi connectivity index (χ4v) is 3.31. The molecule has 0 fully saturated rings. The largest absolute Gasteiger partial charge is 0.300 e. The predicted molar refractivity (Wildman–Crippen MR) is 70.1 cm³/mol. The third kappa shape index (κ3) is 2.68. The van der Waals surface area contributed by atoms with Crippen LogP contribution in [0, 0.1) is 0 Å². The molecule has 0 bridgehead atoms. The van der Waals surface area contributed by atoms with Gasteiger partial charge in [0.05, 0.1) is 4.88 Å². The molecule has 1 aliphatic heterocycles. The van der Waals surface area contributed by atoms with Crippen molar-refractivity contribution in [2.75, 3.05) is 13.1 Å². The summed E-state index contributed by atoms with van der Waals surface area (Å²) in [6, 6.07) is 2.59. The van der Waals surface area contributed by atoms with E-state index in [0.717, 1.165) is 30.8 Å². The Balaban J connectivity index is 2.13. The summed E-state index contributed by atoms with van der Waals surface area (Å²) in [5.41, 5.74) is 3.51. The predicted octanol–water partition coefficient (Wildman–Crippen LogP) is 1.16. The first-order chi connectivity index (χ1) is 8.11. The molecule has 17 heavy (non-hydrogen) atoms. The molecule has 1 aromatic heterocycles. The molecule has 0 atom stereocenters. The van der Waals surface area contributed by atoms with Gasteiger partial charge in [0.1, 0.15) is 0 Å². The third-order valence-electron chi connectivity index (χ3n) is 3.28. The van der Waals surface area contributed by atoms with Crippen molar-refractivity contribution in [1.82, 2.24) is 10.3 Å². The number of hydrogen-bond acceptors (Lipinski definition) is 4. The number of hydrazine groups is 1. The minimum absolute atomic E-state index is 0.177. The maximum atomic E-state index is 11.5. The molecule has 5 heteroatoms. The van der Waals surface area contributed by atoms with Crippen LogP contribution in [0.5, 0.6) is 0 Å². The second kappa shape index (κ2) is 5.16. The minimum atomic E-state index is -0.177. The molecule has 1 aliphatic rings. The third-order valence-corrected chi connectivity index (χ3v) is 4.51. The van der Waals surface area contributed by atoms with Gasteiger partial charge in [0.2, 0.25) is 0 Å². The molecule has 1 amide bonds. The number of fused-ring (bicyclic) bond motifs is 1. The second-order valence-corrected chi connectivity index (χ2v) is 5.80. The van der Waals surface area contributed by atoms with E-state index < -0.39 is 0 Å². The standard InChI is InChI=1S/C12H19N3OS/c1-8(2)15-5-3-9-7-11(12(16)14-13)17-10(9)4-6-15/h7-8H,3-6,13H2,1-2H3,(H,14,16). The Labute approximate surface area is 106 Å². The van der Waals surface area contributed by atoms with E-state index in [-0.39, 0.29) is 5.91 Å². The lowest BCUT2D eigenvalue weighted by Crippen LogP contribution is -2.33. The number of rotatable bonds is 2. The van der Waals surface area contributed by atoms with Crippen LogP contribution in [0.1, 0.15) is 34.0 Å².